The Bertz CT molecular complexity index is 1560. The first-order valence-electron chi connectivity index (χ1n) is 13.0. The van der Waals surface area contributed by atoms with Crippen molar-refractivity contribution in [3.63, 3.8) is 0 Å². The number of nitrogens with one attached hydrogen (secondary N) is 1. The predicted octanol–water partition coefficient (Wildman–Crippen LogP) is 6.77. The lowest BCUT2D eigenvalue weighted by Gasteiger charge is -2.49. The fourth-order valence-corrected chi connectivity index (χ4v) is 6.19. The smallest absolute Gasteiger partial charge is 0.419 e. The van der Waals surface area contributed by atoms with E-state index in [9.17, 15) is 37.1 Å². The molecule has 0 aromatic heterocycles. The SMILES string of the molecule is C=CC(=O)Nc1ccccc1-c1ccc2c(c1)[C@@H](C(=O)O)C1(CCCC1)N(Cc1ccc(C(F)(F)F)c(F)c1)C2=O. The first kappa shape index (κ1) is 28.1. The van der Waals surface area contributed by atoms with Crippen LogP contribution < -0.4 is 5.32 Å². The van der Waals surface area contributed by atoms with Gasteiger partial charge in [-0.15, -0.1) is 0 Å². The minimum atomic E-state index is -4.87. The van der Waals surface area contributed by atoms with E-state index in [0.717, 1.165) is 18.2 Å². The maximum atomic E-state index is 14.4. The number of carboxylic acids is 1. The Kier molecular flexibility index (Phi) is 7.19. The Morgan fingerprint density at radius 2 is 1.76 bits per heavy atom. The first-order valence-corrected chi connectivity index (χ1v) is 13.0. The van der Waals surface area contributed by atoms with Gasteiger partial charge in [-0.25, -0.2) is 4.39 Å². The molecular formula is C31H26F4N2O4. The Morgan fingerprint density at radius 3 is 2.39 bits per heavy atom. The van der Waals surface area contributed by atoms with Crippen LogP contribution in [0.15, 0.2) is 73.3 Å². The van der Waals surface area contributed by atoms with Crippen LogP contribution in [0.5, 0.6) is 0 Å². The molecule has 0 saturated heterocycles. The zero-order chi connectivity index (χ0) is 29.5. The number of anilines is 1. The largest absolute Gasteiger partial charge is 0.481 e. The summed E-state index contributed by atoms with van der Waals surface area (Å²) >= 11 is 0. The van der Waals surface area contributed by atoms with Crippen LogP contribution in [0.1, 0.15) is 58.6 Å². The maximum absolute atomic E-state index is 14.4. The van der Waals surface area contributed by atoms with Crippen molar-refractivity contribution in [2.75, 3.05) is 5.32 Å². The van der Waals surface area contributed by atoms with Crippen molar-refractivity contribution in [2.24, 2.45) is 0 Å². The van der Waals surface area contributed by atoms with Gasteiger partial charge in [0.05, 0.1) is 11.1 Å². The number of hydrogen-bond acceptors (Lipinski definition) is 3. The number of para-hydroxylation sites is 1. The predicted molar refractivity (Wildman–Crippen MR) is 144 cm³/mol. The van der Waals surface area contributed by atoms with E-state index in [1.54, 1.807) is 36.4 Å². The van der Waals surface area contributed by atoms with Crippen molar-refractivity contribution in [2.45, 2.75) is 49.9 Å². The molecule has 6 nitrogen and oxygen atoms in total. The van der Waals surface area contributed by atoms with Crippen LogP contribution in [0.25, 0.3) is 11.1 Å². The number of benzene rings is 3. The van der Waals surface area contributed by atoms with Crippen molar-refractivity contribution < 1.29 is 37.1 Å². The monoisotopic (exact) mass is 566 g/mol. The topological polar surface area (TPSA) is 86.7 Å². The number of aliphatic carboxylic acids is 1. The third-order valence-corrected chi connectivity index (χ3v) is 7.99. The van der Waals surface area contributed by atoms with Crippen LogP contribution in [0.3, 0.4) is 0 Å². The molecule has 1 saturated carbocycles. The van der Waals surface area contributed by atoms with Gasteiger partial charge < -0.3 is 15.3 Å². The second-order valence-corrected chi connectivity index (χ2v) is 10.3. The molecule has 1 spiro atoms. The Labute approximate surface area is 233 Å². The van der Waals surface area contributed by atoms with Crippen molar-refractivity contribution >= 4 is 23.5 Å². The second-order valence-electron chi connectivity index (χ2n) is 10.3. The average Bonchev–Trinajstić information content (AvgIpc) is 3.40. The third kappa shape index (κ3) is 4.98. The van der Waals surface area contributed by atoms with Crippen LogP contribution >= 0.6 is 0 Å². The number of alkyl halides is 3. The maximum Gasteiger partial charge on any atom is 0.419 e. The van der Waals surface area contributed by atoms with Gasteiger partial charge in [0.15, 0.2) is 0 Å². The summed E-state index contributed by atoms with van der Waals surface area (Å²) in [6.07, 6.45) is -1.69. The Morgan fingerprint density at radius 1 is 1.05 bits per heavy atom. The molecule has 1 fully saturated rings. The average molecular weight is 567 g/mol. The summed E-state index contributed by atoms with van der Waals surface area (Å²) in [5, 5.41) is 13.3. The molecule has 3 aromatic rings. The van der Waals surface area contributed by atoms with Gasteiger partial charge in [-0.1, -0.05) is 49.8 Å². The summed E-state index contributed by atoms with van der Waals surface area (Å²) in [6.45, 7) is 3.22. The lowest BCUT2D eigenvalue weighted by molar-refractivity contribution is -0.143. The van der Waals surface area contributed by atoms with Gasteiger partial charge in [0, 0.05) is 23.4 Å². The summed E-state index contributed by atoms with van der Waals surface area (Å²) in [6, 6.07) is 14.3. The minimum Gasteiger partial charge on any atom is -0.481 e. The molecule has 1 heterocycles. The van der Waals surface area contributed by atoms with E-state index in [2.05, 4.69) is 11.9 Å². The fraction of sp³-hybridized carbons (Fsp3) is 0.258. The molecule has 1 atom stereocenters. The number of hydrogen-bond donors (Lipinski definition) is 2. The van der Waals surface area contributed by atoms with Gasteiger partial charge in [0.2, 0.25) is 5.91 Å². The summed E-state index contributed by atoms with van der Waals surface area (Å²) < 4.78 is 53.7. The molecule has 2 N–H and O–H groups in total. The highest BCUT2D eigenvalue weighted by molar-refractivity contribution is 6.03. The van der Waals surface area contributed by atoms with E-state index >= 15 is 0 Å². The number of nitrogens with zero attached hydrogens (tertiary/aromatic N) is 1. The minimum absolute atomic E-state index is 0.131. The number of carboxylic acid groups (broad SMARTS) is 1. The van der Waals surface area contributed by atoms with Crippen LogP contribution in [0, 0.1) is 5.82 Å². The molecule has 212 valence electrons. The number of fused-ring (bicyclic) bond motifs is 1. The highest BCUT2D eigenvalue weighted by atomic mass is 19.4. The highest BCUT2D eigenvalue weighted by Gasteiger charge is 2.56. The molecule has 0 bridgehead atoms. The van der Waals surface area contributed by atoms with Gasteiger partial charge in [0.1, 0.15) is 11.7 Å². The lowest BCUT2D eigenvalue weighted by atomic mass is 9.71. The van der Waals surface area contributed by atoms with Gasteiger partial charge >= 0.3 is 12.1 Å². The molecule has 3 aromatic carbocycles. The van der Waals surface area contributed by atoms with Gasteiger partial charge in [-0.3, -0.25) is 14.4 Å². The Balaban J connectivity index is 1.61. The molecule has 41 heavy (non-hydrogen) atoms. The Hall–Kier alpha value is -4.47. The molecule has 1 aliphatic carbocycles. The van der Waals surface area contributed by atoms with Crippen molar-refractivity contribution in [3.8, 4) is 11.1 Å². The zero-order valence-electron chi connectivity index (χ0n) is 21.8. The van der Waals surface area contributed by atoms with Gasteiger partial charge in [-0.05, 0) is 65.9 Å². The summed E-state index contributed by atoms with van der Waals surface area (Å²) in [5.41, 5.74) is -0.268. The molecule has 0 radical (unpaired) electrons. The number of halogens is 4. The third-order valence-electron chi connectivity index (χ3n) is 7.99. The van der Waals surface area contributed by atoms with Crippen molar-refractivity contribution in [1.82, 2.24) is 4.90 Å². The molecule has 10 heteroatoms. The van der Waals surface area contributed by atoms with Crippen LogP contribution in [0.2, 0.25) is 0 Å². The zero-order valence-corrected chi connectivity index (χ0v) is 21.8. The first-order chi connectivity index (χ1) is 19.5. The fourth-order valence-electron chi connectivity index (χ4n) is 6.19. The van der Waals surface area contributed by atoms with Crippen LogP contribution in [-0.2, 0) is 22.3 Å². The molecular weight excluding hydrogens is 540 g/mol. The van der Waals surface area contributed by atoms with E-state index in [1.807, 2.05) is 0 Å². The molecule has 2 amide bonds. The number of carbonyl (C=O) groups excluding carboxylic acids is 2. The van der Waals surface area contributed by atoms with Crippen molar-refractivity contribution in [1.29, 1.82) is 0 Å². The van der Waals surface area contributed by atoms with E-state index < -0.39 is 46.8 Å². The van der Waals surface area contributed by atoms with E-state index in [1.165, 1.54) is 11.0 Å². The lowest BCUT2D eigenvalue weighted by Crippen LogP contribution is -2.58. The van der Waals surface area contributed by atoms with Gasteiger partial charge in [0.25, 0.3) is 5.91 Å². The molecule has 2 aliphatic rings. The highest BCUT2D eigenvalue weighted by Crippen LogP contribution is 2.51. The normalized spacial score (nSPS) is 17.8. The second kappa shape index (κ2) is 10.5. The van der Waals surface area contributed by atoms with E-state index in [4.69, 9.17) is 0 Å². The number of amides is 2. The van der Waals surface area contributed by atoms with E-state index in [0.29, 0.717) is 54.1 Å². The molecule has 0 unspecified atom stereocenters. The van der Waals surface area contributed by atoms with E-state index in [-0.39, 0.29) is 17.7 Å². The van der Waals surface area contributed by atoms with Gasteiger partial charge in [-0.2, -0.15) is 13.2 Å². The summed E-state index contributed by atoms with van der Waals surface area (Å²) in [5.74, 6) is -4.63. The van der Waals surface area contributed by atoms with Crippen LogP contribution in [-0.4, -0.2) is 33.3 Å². The van der Waals surface area contributed by atoms with Crippen molar-refractivity contribution in [3.05, 3.63) is 101 Å². The summed E-state index contributed by atoms with van der Waals surface area (Å²) in [4.78, 5) is 40.2. The summed E-state index contributed by atoms with van der Waals surface area (Å²) in [7, 11) is 0. The van der Waals surface area contributed by atoms with Crippen LogP contribution in [0.4, 0.5) is 23.2 Å². The standard InChI is InChI=1S/C31H26F4N2O4/c1-2-26(38)36-25-8-4-3-7-20(25)19-10-11-21-22(16-19)27(29(40)41)30(13-5-6-14-30)37(28(21)39)17-18-9-12-23(24(32)15-18)31(33,34)35/h2-4,7-12,15-16,27H,1,5-6,13-14,17H2,(H,36,38)(H,40,41)/t27-/m0/s1. The molecule has 5 rings (SSSR count). The number of rotatable bonds is 6. The quantitative estimate of drug-likeness (QED) is 0.255. The number of carbonyl (C=O) groups is 3. The molecule has 1 aliphatic heterocycles.